The Bertz CT molecular complexity index is 334. The zero-order valence-electron chi connectivity index (χ0n) is 8.60. The molecule has 1 aliphatic carbocycles. The molecule has 3 heteroatoms. The predicted octanol–water partition coefficient (Wildman–Crippen LogP) is 2.85. The van der Waals surface area contributed by atoms with Gasteiger partial charge in [0.1, 0.15) is 11.6 Å². The van der Waals surface area contributed by atoms with Crippen molar-refractivity contribution >= 4 is 0 Å². The van der Waals surface area contributed by atoms with Gasteiger partial charge in [-0.3, -0.25) is 0 Å². The van der Waals surface area contributed by atoms with Crippen LogP contribution in [0.5, 0.6) is 0 Å². The molecular weight excluding hydrogens is 196 g/mol. The maximum atomic E-state index is 13.2. The number of rotatable bonds is 4. The molecule has 1 N–H and O–H groups in total. The lowest BCUT2D eigenvalue weighted by Crippen LogP contribution is -2.27. The third-order valence-electron chi connectivity index (χ3n) is 2.99. The SMILES string of the molecule is Fc1ccc(CNCC2CCC2)c(F)c1. The second kappa shape index (κ2) is 4.71. The van der Waals surface area contributed by atoms with Crippen LogP contribution in [-0.4, -0.2) is 6.54 Å². The highest BCUT2D eigenvalue weighted by atomic mass is 19.1. The van der Waals surface area contributed by atoms with Crippen molar-refractivity contribution in [1.29, 1.82) is 0 Å². The molecule has 1 saturated carbocycles. The Morgan fingerprint density at radius 2 is 2.07 bits per heavy atom. The minimum atomic E-state index is -0.518. The summed E-state index contributed by atoms with van der Waals surface area (Å²) in [4.78, 5) is 0. The van der Waals surface area contributed by atoms with Gasteiger partial charge in [0, 0.05) is 18.2 Å². The minimum absolute atomic E-state index is 0.462. The van der Waals surface area contributed by atoms with Crippen LogP contribution in [0.4, 0.5) is 8.78 Å². The van der Waals surface area contributed by atoms with Crippen LogP contribution in [-0.2, 0) is 6.54 Å². The summed E-state index contributed by atoms with van der Waals surface area (Å²) >= 11 is 0. The first kappa shape index (κ1) is 10.6. The summed E-state index contributed by atoms with van der Waals surface area (Å²) in [5.41, 5.74) is 0.538. The zero-order chi connectivity index (χ0) is 10.7. The zero-order valence-corrected chi connectivity index (χ0v) is 8.60. The number of hydrogen-bond donors (Lipinski definition) is 1. The molecule has 1 fully saturated rings. The van der Waals surface area contributed by atoms with E-state index in [1.54, 1.807) is 0 Å². The van der Waals surface area contributed by atoms with Crippen LogP contribution in [0, 0.1) is 17.6 Å². The van der Waals surface area contributed by atoms with Gasteiger partial charge in [0.05, 0.1) is 0 Å². The molecule has 0 radical (unpaired) electrons. The molecule has 0 amide bonds. The average Bonchev–Trinajstić information content (AvgIpc) is 2.12. The van der Waals surface area contributed by atoms with E-state index in [1.165, 1.54) is 31.4 Å². The van der Waals surface area contributed by atoms with E-state index in [9.17, 15) is 8.78 Å². The van der Waals surface area contributed by atoms with Crippen molar-refractivity contribution < 1.29 is 8.78 Å². The minimum Gasteiger partial charge on any atom is -0.312 e. The van der Waals surface area contributed by atoms with Crippen LogP contribution in [0.1, 0.15) is 24.8 Å². The third kappa shape index (κ3) is 2.75. The molecule has 82 valence electrons. The number of nitrogens with one attached hydrogen (secondary N) is 1. The molecule has 0 spiro atoms. The van der Waals surface area contributed by atoms with Gasteiger partial charge in [-0.1, -0.05) is 12.5 Å². The standard InChI is InChI=1S/C12H15F2N/c13-11-5-4-10(12(14)6-11)8-15-7-9-2-1-3-9/h4-6,9,15H,1-3,7-8H2. The summed E-state index contributed by atoms with van der Waals surface area (Å²) in [6.07, 6.45) is 3.87. The van der Waals surface area contributed by atoms with Crippen molar-refractivity contribution in [2.75, 3.05) is 6.54 Å². The predicted molar refractivity (Wildman–Crippen MR) is 55.4 cm³/mol. The topological polar surface area (TPSA) is 12.0 Å². The van der Waals surface area contributed by atoms with Gasteiger partial charge in [0.2, 0.25) is 0 Å². The Morgan fingerprint density at radius 1 is 1.27 bits per heavy atom. The molecular formula is C12H15F2N. The van der Waals surface area contributed by atoms with Gasteiger partial charge in [-0.15, -0.1) is 0 Å². The smallest absolute Gasteiger partial charge is 0.130 e. The monoisotopic (exact) mass is 211 g/mol. The van der Waals surface area contributed by atoms with E-state index in [2.05, 4.69) is 5.32 Å². The first-order valence-corrected chi connectivity index (χ1v) is 5.40. The summed E-state index contributed by atoms with van der Waals surface area (Å²) in [7, 11) is 0. The molecule has 0 heterocycles. The van der Waals surface area contributed by atoms with E-state index in [4.69, 9.17) is 0 Å². The Kier molecular flexibility index (Phi) is 3.31. The van der Waals surface area contributed by atoms with Gasteiger partial charge in [-0.05, 0) is 31.4 Å². The third-order valence-corrected chi connectivity index (χ3v) is 2.99. The molecule has 0 atom stereocenters. The lowest BCUT2D eigenvalue weighted by Gasteiger charge is -2.25. The van der Waals surface area contributed by atoms with E-state index in [-0.39, 0.29) is 0 Å². The maximum absolute atomic E-state index is 13.2. The highest BCUT2D eigenvalue weighted by Gasteiger charge is 2.16. The molecule has 0 bridgehead atoms. The van der Waals surface area contributed by atoms with Crippen molar-refractivity contribution in [3.63, 3.8) is 0 Å². The quantitative estimate of drug-likeness (QED) is 0.807. The molecule has 0 saturated heterocycles. The number of halogens is 2. The lowest BCUT2D eigenvalue weighted by molar-refractivity contribution is 0.301. The summed E-state index contributed by atoms with van der Waals surface area (Å²) in [6, 6.07) is 3.72. The number of hydrogen-bond acceptors (Lipinski definition) is 1. The molecule has 1 aliphatic rings. The fourth-order valence-corrected chi connectivity index (χ4v) is 1.77. The molecule has 1 aromatic carbocycles. The van der Waals surface area contributed by atoms with Gasteiger partial charge in [-0.2, -0.15) is 0 Å². The summed E-state index contributed by atoms with van der Waals surface area (Å²) < 4.78 is 25.8. The maximum Gasteiger partial charge on any atom is 0.130 e. The van der Waals surface area contributed by atoms with E-state index in [0.29, 0.717) is 12.1 Å². The normalized spacial score (nSPS) is 16.4. The van der Waals surface area contributed by atoms with Crippen molar-refractivity contribution in [2.24, 2.45) is 5.92 Å². The van der Waals surface area contributed by atoms with Gasteiger partial charge in [0.15, 0.2) is 0 Å². The molecule has 0 aliphatic heterocycles. The van der Waals surface area contributed by atoms with Crippen LogP contribution in [0.15, 0.2) is 18.2 Å². The van der Waals surface area contributed by atoms with Crippen LogP contribution in [0.25, 0.3) is 0 Å². The second-order valence-corrected chi connectivity index (χ2v) is 4.16. The Hall–Kier alpha value is -0.960. The average molecular weight is 211 g/mol. The first-order valence-electron chi connectivity index (χ1n) is 5.40. The lowest BCUT2D eigenvalue weighted by atomic mass is 9.85. The largest absolute Gasteiger partial charge is 0.312 e. The molecule has 0 aromatic heterocycles. The molecule has 1 aromatic rings. The molecule has 1 nitrogen and oxygen atoms in total. The van der Waals surface area contributed by atoms with Crippen LogP contribution < -0.4 is 5.32 Å². The van der Waals surface area contributed by atoms with E-state index < -0.39 is 11.6 Å². The molecule has 0 unspecified atom stereocenters. The van der Waals surface area contributed by atoms with Gasteiger partial charge in [-0.25, -0.2) is 8.78 Å². The Labute approximate surface area is 88.5 Å². The van der Waals surface area contributed by atoms with Gasteiger partial charge < -0.3 is 5.32 Å². The van der Waals surface area contributed by atoms with Crippen LogP contribution in [0.3, 0.4) is 0 Å². The van der Waals surface area contributed by atoms with E-state index in [0.717, 1.165) is 18.5 Å². The Balaban J connectivity index is 1.81. The Morgan fingerprint density at radius 3 is 2.67 bits per heavy atom. The van der Waals surface area contributed by atoms with Crippen molar-refractivity contribution in [3.8, 4) is 0 Å². The second-order valence-electron chi connectivity index (χ2n) is 4.16. The molecule has 2 rings (SSSR count). The first-order chi connectivity index (χ1) is 7.25. The van der Waals surface area contributed by atoms with Crippen molar-refractivity contribution in [1.82, 2.24) is 5.32 Å². The molecule has 15 heavy (non-hydrogen) atoms. The van der Waals surface area contributed by atoms with Crippen LogP contribution >= 0.6 is 0 Å². The highest BCUT2D eigenvalue weighted by molar-refractivity contribution is 5.18. The summed E-state index contributed by atoms with van der Waals surface area (Å²) in [6.45, 7) is 1.43. The highest BCUT2D eigenvalue weighted by Crippen LogP contribution is 2.25. The van der Waals surface area contributed by atoms with Crippen molar-refractivity contribution in [2.45, 2.75) is 25.8 Å². The van der Waals surface area contributed by atoms with Gasteiger partial charge in [0.25, 0.3) is 0 Å². The summed E-state index contributed by atoms with van der Waals surface area (Å²) in [5.74, 6) is -0.222. The fraction of sp³-hybridized carbons (Fsp3) is 0.500. The summed E-state index contributed by atoms with van der Waals surface area (Å²) in [5, 5.41) is 3.20. The van der Waals surface area contributed by atoms with Crippen LogP contribution in [0.2, 0.25) is 0 Å². The van der Waals surface area contributed by atoms with E-state index in [1.807, 2.05) is 0 Å². The van der Waals surface area contributed by atoms with Gasteiger partial charge >= 0.3 is 0 Å². The fourth-order valence-electron chi connectivity index (χ4n) is 1.77. The van der Waals surface area contributed by atoms with E-state index >= 15 is 0 Å². The number of benzene rings is 1. The van der Waals surface area contributed by atoms with Crippen molar-refractivity contribution in [3.05, 3.63) is 35.4 Å².